The van der Waals surface area contributed by atoms with E-state index in [0.717, 1.165) is 46.6 Å². The van der Waals surface area contributed by atoms with Gasteiger partial charge in [-0.15, -0.1) is 0 Å². The van der Waals surface area contributed by atoms with Crippen LogP contribution in [0.2, 0.25) is 10.0 Å². The lowest BCUT2D eigenvalue weighted by molar-refractivity contribution is 0.122. The van der Waals surface area contributed by atoms with Gasteiger partial charge in [0.05, 0.1) is 25.6 Å². The highest BCUT2D eigenvalue weighted by Crippen LogP contribution is 2.43. The van der Waals surface area contributed by atoms with Crippen LogP contribution in [0, 0.1) is 0 Å². The number of nitrogens with one attached hydrogen (secondary N) is 4. The average Bonchev–Trinajstić information content (AvgIpc) is 3.18. The Morgan fingerprint density at radius 3 is 1.79 bits per heavy atom. The normalized spacial score (nSPS) is 13.3. The van der Waals surface area contributed by atoms with E-state index in [1.807, 2.05) is 84.9 Å². The molecule has 0 unspecified atom stereocenters. The van der Waals surface area contributed by atoms with E-state index in [9.17, 15) is 9.13 Å². The third-order valence-corrected chi connectivity index (χ3v) is 12.7. The first-order valence-corrected chi connectivity index (χ1v) is 23.8. The number of anilines is 9. The summed E-state index contributed by atoms with van der Waals surface area (Å²) in [6.07, 6.45) is 3.07. The Kier molecular flexibility index (Phi) is 11.7. The Hall–Kier alpha value is -4.96. The van der Waals surface area contributed by atoms with Crippen molar-refractivity contribution < 1.29 is 13.9 Å². The van der Waals surface area contributed by atoms with Crippen molar-refractivity contribution in [3.05, 3.63) is 113 Å². The molecule has 3 heterocycles. The number of para-hydroxylation sites is 1. The van der Waals surface area contributed by atoms with Gasteiger partial charge < -0.3 is 40.0 Å². The fourth-order valence-corrected chi connectivity index (χ4v) is 8.07. The fourth-order valence-electron chi connectivity index (χ4n) is 6.05. The largest absolute Gasteiger partial charge is 0.378 e. The highest BCUT2D eigenvalue weighted by molar-refractivity contribution is 7.70. The van der Waals surface area contributed by atoms with Crippen LogP contribution in [0.1, 0.15) is 0 Å². The summed E-state index contributed by atoms with van der Waals surface area (Å²) in [5.74, 6) is 1.42. The molecule has 4 N–H and O–H groups in total. The third kappa shape index (κ3) is 9.52. The number of rotatable bonds is 12. The number of hydrogen-bond donors (Lipinski definition) is 4. The van der Waals surface area contributed by atoms with Crippen LogP contribution in [0.4, 0.5) is 52.0 Å². The van der Waals surface area contributed by atoms with E-state index in [1.165, 1.54) is 12.4 Å². The molecule has 0 amide bonds. The molecular formula is C40H41Cl2N9O3P2. The third-order valence-electron chi connectivity index (χ3n) is 9.06. The zero-order chi connectivity index (χ0) is 39.5. The standard InChI is InChI=1S/C40H41Cl2N9O3P2/c1-55(2,52)29-13-10-27(11-14-29)46-39-43-25-34(42)38(50-39)47-35-16-12-28(51-18-20-54-21-19-51)22-31(35)32-23-30(56(3,4)53)15-17-36(32)48-40-44-24-33(41)37(49-40)45-26-8-6-5-7-9-26/h5-17,22-25H,18-21H2,1-4H3,(H2,43,46,47,50)(H2,44,45,48,49). The van der Waals surface area contributed by atoms with E-state index in [2.05, 4.69) is 42.2 Å². The Morgan fingerprint density at radius 2 is 1.14 bits per heavy atom. The molecule has 0 aliphatic carbocycles. The predicted octanol–water partition coefficient (Wildman–Crippen LogP) is 9.55. The summed E-state index contributed by atoms with van der Waals surface area (Å²) in [7, 11) is -5.10. The molecule has 7 rings (SSSR count). The number of nitrogens with zero attached hydrogens (tertiary/aromatic N) is 5. The second kappa shape index (κ2) is 16.6. The summed E-state index contributed by atoms with van der Waals surface area (Å²) in [4.78, 5) is 20.6. The van der Waals surface area contributed by atoms with Gasteiger partial charge >= 0.3 is 0 Å². The van der Waals surface area contributed by atoms with Crippen molar-refractivity contribution in [3.8, 4) is 11.1 Å². The number of morpholine rings is 1. The van der Waals surface area contributed by atoms with Crippen LogP contribution in [0.15, 0.2) is 103 Å². The second-order valence-corrected chi connectivity index (χ2v) is 21.2. The van der Waals surface area contributed by atoms with Gasteiger partial charge in [-0.05, 0) is 99.5 Å². The van der Waals surface area contributed by atoms with Crippen LogP contribution in [-0.2, 0) is 13.9 Å². The minimum absolute atomic E-state index is 0.304. The summed E-state index contributed by atoms with van der Waals surface area (Å²) in [6, 6.07) is 28.8. The van der Waals surface area contributed by atoms with Crippen LogP contribution in [0.25, 0.3) is 11.1 Å². The molecular weight excluding hydrogens is 787 g/mol. The first-order valence-electron chi connectivity index (χ1n) is 17.8. The molecule has 0 bridgehead atoms. The number of ether oxygens (including phenoxy) is 1. The molecule has 12 nitrogen and oxygen atoms in total. The molecule has 0 spiro atoms. The van der Waals surface area contributed by atoms with Gasteiger partial charge in [0.15, 0.2) is 11.6 Å². The Balaban J connectivity index is 1.29. The van der Waals surface area contributed by atoms with Gasteiger partial charge in [-0.1, -0.05) is 41.4 Å². The number of benzene rings is 4. The fraction of sp³-hybridized carbons (Fsp3) is 0.200. The first kappa shape index (κ1) is 39.3. The summed E-state index contributed by atoms with van der Waals surface area (Å²) in [6.45, 7) is 9.66. The molecule has 1 saturated heterocycles. The number of hydrogen-bond acceptors (Lipinski definition) is 12. The maximum atomic E-state index is 13.6. The molecule has 4 aromatic carbocycles. The second-order valence-electron chi connectivity index (χ2n) is 14.0. The van der Waals surface area contributed by atoms with Gasteiger partial charge in [0, 0.05) is 63.3 Å². The smallest absolute Gasteiger partial charge is 0.229 e. The highest BCUT2D eigenvalue weighted by Gasteiger charge is 2.21. The van der Waals surface area contributed by atoms with Crippen molar-refractivity contribution in [2.75, 3.05) is 79.1 Å². The predicted molar refractivity (Wildman–Crippen MR) is 233 cm³/mol. The molecule has 1 fully saturated rings. The molecule has 288 valence electrons. The minimum Gasteiger partial charge on any atom is -0.378 e. The quantitative estimate of drug-likeness (QED) is 0.0872. The molecule has 2 aromatic heterocycles. The van der Waals surface area contributed by atoms with Gasteiger partial charge in [0.1, 0.15) is 24.3 Å². The van der Waals surface area contributed by atoms with Crippen LogP contribution >= 0.6 is 37.5 Å². The van der Waals surface area contributed by atoms with E-state index in [-0.39, 0.29) is 0 Å². The monoisotopic (exact) mass is 827 g/mol. The van der Waals surface area contributed by atoms with E-state index in [4.69, 9.17) is 37.9 Å². The van der Waals surface area contributed by atoms with E-state index in [0.29, 0.717) is 63.5 Å². The van der Waals surface area contributed by atoms with Gasteiger partial charge in [-0.25, -0.2) is 9.97 Å². The molecule has 1 aliphatic rings. The molecule has 6 aromatic rings. The Morgan fingerprint density at radius 1 is 0.607 bits per heavy atom. The van der Waals surface area contributed by atoms with Crippen LogP contribution in [0.3, 0.4) is 0 Å². The van der Waals surface area contributed by atoms with Gasteiger partial charge in [-0.2, -0.15) is 9.97 Å². The summed E-state index contributed by atoms with van der Waals surface area (Å²) in [5, 5.41) is 15.5. The Labute approximate surface area is 336 Å². The lowest BCUT2D eigenvalue weighted by atomic mass is 10.00. The van der Waals surface area contributed by atoms with Crippen molar-refractivity contribution in [2.45, 2.75) is 0 Å². The molecule has 0 saturated carbocycles. The first-order chi connectivity index (χ1) is 26.8. The van der Waals surface area contributed by atoms with Crippen LogP contribution < -0.4 is 36.8 Å². The lowest BCUT2D eigenvalue weighted by Gasteiger charge is -2.30. The molecule has 0 atom stereocenters. The van der Waals surface area contributed by atoms with Crippen molar-refractivity contribution in [3.63, 3.8) is 0 Å². The van der Waals surface area contributed by atoms with Gasteiger partial charge in [0.2, 0.25) is 11.9 Å². The Bertz CT molecular complexity index is 2460. The van der Waals surface area contributed by atoms with Crippen molar-refractivity contribution >= 4 is 100 Å². The maximum absolute atomic E-state index is 13.6. The van der Waals surface area contributed by atoms with Crippen molar-refractivity contribution in [1.29, 1.82) is 0 Å². The molecule has 1 aliphatic heterocycles. The SMILES string of the molecule is CP(C)(=O)c1ccc(Nc2ncc(Cl)c(Nc3ccc(N4CCOCC4)cc3-c3cc(P(C)(C)=O)ccc3Nc3ncc(Cl)c(Nc4ccccc4)n3)n2)cc1. The average molecular weight is 829 g/mol. The summed E-state index contributed by atoms with van der Waals surface area (Å²) in [5.41, 5.74) is 5.42. The zero-order valence-electron chi connectivity index (χ0n) is 31.3. The molecule has 0 radical (unpaired) electrons. The lowest BCUT2D eigenvalue weighted by Crippen LogP contribution is -2.36. The van der Waals surface area contributed by atoms with E-state index in [1.54, 1.807) is 26.7 Å². The highest BCUT2D eigenvalue weighted by atomic mass is 35.5. The van der Waals surface area contributed by atoms with Gasteiger partial charge in [-0.3, -0.25) is 0 Å². The van der Waals surface area contributed by atoms with Crippen molar-refractivity contribution in [1.82, 2.24) is 19.9 Å². The van der Waals surface area contributed by atoms with Crippen LogP contribution in [0.5, 0.6) is 0 Å². The van der Waals surface area contributed by atoms with E-state index >= 15 is 0 Å². The molecule has 56 heavy (non-hydrogen) atoms. The summed E-state index contributed by atoms with van der Waals surface area (Å²) < 4.78 is 31.7. The van der Waals surface area contributed by atoms with E-state index < -0.39 is 14.3 Å². The van der Waals surface area contributed by atoms with Crippen molar-refractivity contribution in [2.24, 2.45) is 0 Å². The zero-order valence-corrected chi connectivity index (χ0v) is 34.6. The maximum Gasteiger partial charge on any atom is 0.229 e. The summed E-state index contributed by atoms with van der Waals surface area (Å²) >= 11 is 13.3. The number of aromatic nitrogens is 4. The topological polar surface area (TPSA) is 146 Å². The minimum atomic E-state index is -2.70. The van der Waals surface area contributed by atoms with Gasteiger partial charge in [0.25, 0.3) is 0 Å². The molecule has 16 heteroatoms. The number of halogens is 2. The van der Waals surface area contributed by atoms with Crippen LogP contribution in [-0.4, -0.2) is 72.9 Å².